The Morgan fingerprint density at radius 3 is 2.84 bits per heavy atom. The zero-order valence-electron chi connectivity index (χ0n) is 10.7. The maximum Gasteiger partial charge on any atom is 0.354 e. The number of methoxy groups -OCH3 is 1. The van der Waals surface area contributed by atoms with Crippen LogP contribution in [0.5, 0.6) is 5.75 Å². The van der Waals surface area contributed by atoms with E-state index in [1.807, 2.05) is 13.0 Å². The van der Waals surface area contributed by atoms with Gasteiger partial charge in [0.05, 0.1) is 12.7 Å². The number of rotatable bonds is 4. The lowest BCUT2D eigenvalue weighted by molar-refractivity contribution is 0.0691. The molecule has 0 aliphatic heterocycles. The van der Waals surface area contributed by atoms with Crippen LogP contribution in [0.3, 0.4) is 0 Å². The molecule has 1 aromatic carbocycles. The third-order valence-electron chi connectivity index (χ3n) is 2.96. The van der Waals surface area contributed by atoms with Gasteiger partial charge in [-0.15, -0.1) is 0 Å². The molecule has 1 aromatic heterocycles. The number of carboxylic acid groups (broad SMARTS) is 1. The first kappa shape index (κ1) is 12.9. The number of carboxylic acids is 1. The highest BCUT2D eigenvalue weighted by Gasteiger charge is 2.19. The van der Waals surface area contributed by atoms with Gasteiger partial charge in [-0.1, -0.05) is 13.0 Å². The fourth-order valence-electron chi connectivity index (χ4n) is 2.01. The molecule has 0 radical (unpaired) electrons. The predicted molar refractivity (Wildman–Crippen MR) is 71.3 cm³/mol. The molecule has 2 rings (SSSR count). The Hall–Kier alpha value is -2.50. The van der Waals surface area contributed by atoms with E-state index in [2.05, 4.69) is 10.2 Å². The summed E-state index contributed by atoms with van der Waals surface area (Å²) < 4.78 is 5.25. The number of benzene rings is 1. The molecule has 19 heavy (non-hydrogen) atoms. The number of carbonyl (C=O) groups is 1. The van der Waals surface area contributed by atoms with Gasteiger partial charge in [-0.2, -0.15) is 5.10 Å². The molecule has 2 aromatic rings. The van der Waals surface area contributed by atoms with Crippen molar-refractivity contribution in [2.24, 2.45) is 0 Å². The van der Waals surface area contributed by atoms with Crippen LogP contribution in [0.25, 0.3) is 11.1 Å². The molecule has 0 saturated carbocycles. The highest BCUT2D eigenvalue weighted by atomic mass is 16.5. The molecular formula is C13H15N3O3. The van der Waals surface area contributed by atoms with Gasteiger partial charge in [-0.05, 0) is 29.7 Å². The van der Waals surface area contributed by atoms with E-state index in [1.54, 1.807) is 19.2 Å². The number of nitrogens with one attached hydrogen (secondary N) is 1. The van der Waals surface area contributed by atoms with Gasteiger partial charge in [-0.3, -0.25) is 5.10 Å². The Morgan fingerprint density at radius 2 is 2.26 bits per heavy atom. The Morgan fingerprint density at radius 1 is 1.53 bits per heavy atom. The molecule has 4 N–H and O–H groups in total. The Bertz CT molecular complexity index is 620. The minimum Gasteiger partial charge on any atom is -0.496 e. The van der Waals surface area contributed by atoms with Gasteiger partial charge in [0.15, 0.2) is 11.5 Å². The summed E-state index contributed by atoms with van der Waals surface area (Å²) >= 11 is 0. The van der Waals surface area contributed by atoms with E-state index in [-0.39, 0.29) is 11.5 Å². The lowest BCUT2D eigenvalue weighted by Gasteiger charge is -2.09. The van der Waals surface area contributed by atoms with Crippen molar-refractivity contribution in [2.75, 3.05) is 12.8 Å². The first-order valence-corrected chi connectivity index (χ1v) is 5.82. The summed E-state index contributed by atoms with van der Waals surface area (Å²) in [6, 6.07) is 5.43. The van der Waals surface area contributed by atoms with Crippen LogP contribution in [0.1, 0.15) is 23.0 Å². The zero-order chi connectivity index (χ0) is 14.0. The molecule has 6 heteroatoms. The molecule has 0 saturated heterocycles. The van der Waals surface area contributed by atoms with Gasteiger partial charge >= 0.3 is 5.97 Å². The van der Waals surface area contributed by atoms with Crippen molar-refractivity contribution in [3.8, 4) is 16.9 Å². The van der Waals surface area contributed by atoms with E-state index >= 15 is 0 Å². The van der Waals surface area contributed by atoms with E-state index in [0.717, 1.165) is 17.7 Å². The van der Waals surface area contributed by atoms with Crippen molar-refractivity contribution < 1.29 is 14.6 Å². The molecule has 1 heterocycles. The second-order valence-electron chi connectivity index (χ2n) is 4.04. The minimum absolute atomic E-state index is 0.00952. The number of hydrogen-bond acceptors (Lipinski definition) is 4. The molecular weight excluding hydrogens is 246 g/mol. The van der Waals surface area contributed by atoms with Crippen molar-refractivity contribution in [3.05, 3.63) is 29.5 Å². The molecule has 0 atom stereocenters. The maximum absolute atomic E-state index is 11.1. The van der Waals surface area contributed by atoms with Crippen LogP contribution in [0, 0.1) is 0 Å². The largest absolute Gasteiger partial charge is 0.496 e. The predicted octanol–water partition coefficient (Wildman–Crippen LogP) is 1.93. The number of nitrogens with zero attached hydrogens (tertiary/aromatic N) is 1. The number of aromatic carboxylic acids is 1. The number of ether oxygens (including phenoxy) is 1. The Labute approximate surface area is 110 Å². The van der Waals surface area contributed by atoms with Crippen molar-refractivity contribution >= 4 is 11.8 Å². The van der Waals surface area contributed by atoms with Crippen molar-refractivity contribution in [3.63, 3.8) is 0 Å². The number of aromatic amines is 1. The number of nitrogens with two attached hydrogens (primary N) is 1. The van der Waals surface area contributed by atoms with Crippen LogP contribution in [0.4, 0.5) is 5.82 Å². The van der Waals surface area contributed by atoms with Gasteiger partial charge < -0.3 is 15.6 Å². The first-order valence-electron chi connectivity index (χ1n) is 5.82. The molecule has 0 aliphatic carbocycles. The summed E-state index contributed by atoms with van der Waals surface area (Å²) in [5.41, 5.74) is 7.83. The fourth-order valence-corrected chi connectivity index (χ4v) is 2.01. The summed E-state index contributed by atoms with van der Waals surface area (Å²) in [6.45, 7) is 2.00. The topological polar surface area (TPSA) is 101 Å². The summed E-state index contributed by atoms with van der Waals surface area (Å²) in [5.74, 6) is -0.150. The average molecular weight is 261 g/mol. The van der Waals surface area contributed by atoms with Gasteiger partial charge in [0, 0.05) is 0 Å². The molecule has 0 fully saturated rings. The van der Waals surface area contributed by atoms with E-state index < -0.39 is 5.97 Å². The van der Waals surface area contributed by atoms with Crippen molar-refractivity contribution in [1.82, 2.24) is 10.2 Å². The fraction of sp³-hybridized carbons (Fsp3) is 0.231. The van der Waals surface area contributed by atoms with Gasteiger partial charge in [0.25, 0.3) is 0 Å². The van der Waals surface area contributed by atoms with Gasteiger partial charge in [-0.25, -0.2) is 4.79 Å². The molecule has 0 spiro atoms. The zero-order valence-corrected chi connectivity index (χ0v) is 10.7. The van der Waals surface area contributed by atoms with Gasteiger partial charge in [0.1, 0.15) is 5.75 Å². The molecule has 0 unspecified atom stereocenters. The van der Waals surface area contributed by atoms with Crippen LogP contribution < -0.4 is 10.5 Å². The molecule has 0 aliphatic rings. The number of H-pyrrole nitrogens is 1. The lowest BCUT2D eigenvalue weighted by Crippen LogP contribution is -2.00. The summed E-state index contributed by atoms with van der Waals surface area (Å²) in [6.07, 6.45) is 0.775. The highest BCUT2D eigenvalue weighted by Crippen LogP contribution is 2.31. The van der Waals surface area contributed by atoms with E-state index in [0.29, 0.717) is 11.1 Å². The summed E-state index contributed by atoms with van der Waals surface area (Å²) in [7, 11) is 1.60. The van der Waals surface area contributed by atoms with E-state index in [1.165, 1.54) is 0 Å². The third kappa shape index (κ3) is 2.24. The number of aromatic nitrogens is 2. The number of hydrogen-bond donors (Lipinski definition) is 3. The Balaban J connectivity index is 2.59. The number of nitrogen functional groups attached to an aromatic ring is 1. The first-order chi connectivity index (χ1) is 9.08. The lowest BCUT2D eigenvalue weighted by atomic mass is 10.0. The maximum atomic E-state index is 11.1. The minimum atomic E-state index is -1.09. The summed E-state index contributed by atoms with van der Waals surface area (Å²) in [5, 5.41) is 15.3. The standard InChI is InChI=1S/C13H15N3O3/c1-3-7-6-8(4-5-9(7)19-2)10-11(13(17)18)15-16-12(10)14/h4-6H,3H2,1-2H3,(H,17,18)(H3,14,15,16). The van der Waals surface area contributed by atoms with Crippen LogP contribution in [0.15, 0.2) is 18.2 Å². The van der Waals surface area contributed by atoms with Crippen molar-refractivity contribution in [1.29, 1.82) is 0 Å². The normalized spacial score (nSPS) is 10.4. The smallest absolute Gasteiger partial charge is 0.354 e. The number of anilines is 1. The van der Waals surface area contributed by atoms with Crippen LogP contribution >= 0.6 is 0 Å². The SMILES string of the molecule is CCc1cc(-c2c(N)n[nH]c2C(=O)O)ccc1OC. The van der Waals surface area contributed by atoms with Crippen LogP contribution in [-0.4, -0.2) is 28.4 Å². The van der Waals surface area contributed by atoms with Crippen molar-refractivity contribution in [2.45, 2.75) is 13.3 Å². The van der Waals surface area contributed by atoms with Crippen LogP contribution in [0.2, 0.25) is 0 Å². The monoisotopic (exact) mass is 261 g/mol. The summed E-state index contributed by atoms with van der Waals surface area (Å²) in [4.78, 5) is 11.1. The van der Waals surface area contributed by atoms with E-state index in [9.17, 15) is 4.79 Å². The molecule has 0 bridgehead atoms. The van der Waals surface area contributed by atoms with E-state index in [4.69, 9.17) is 15.6 Å². The molecule has 0 amide bonds. The average Bonchev–Trinajstić information content (AvgIpc) is 2.80. The molecule has 100 valence electrons. The molecule has 6 nitrogen and oxygen atoms in total. The quantitative estimate of drug-likeness (QED) is 0.780. The van der Waals surface area contributed by atoms with Crippen LogP contribution in [-0.2, 0) is 6.42 Å². The van der Waals surface area contributed by atoms with Gasteiger partial charge in [0.2, 0.25) is 0 Å². The number of aryl methyl sites for hydroxylation is 1. The highest BCUT2D eigenvalue weighted by molar-refractivity contribution is 5.97. The second-order valence-corrected chi connectivity index (χ2v) is 4.04. The second kappa shape index (κ2) is 5.01. The Kier molecular flexibility index (Phi) is 3.41. The third-order valence-corrected chi connectivity index (χ3v) is 2.96.